The summed E-state index contributed by atoms with van der Waals surface area (Å²) in [4.78, 5) is 13.6. The predicted octanol–water partition coefficient (Wildman–Crippen LogP) is 4.50. The lowest BCUT2D eigenvalue weighted by atomic mass is 10.2. The van der Waals surface area contributed by atoms with Crippen LogP contribution in [-0.2, 0) is 10.0 Å². The highest BCUT2D eigenvalue weighted by atomic mass is 32.2. The first-order chi connectivity index (χ1) is 14.4. The SMILES string of the molecule is Cc1ccccc1NS(=O)(=O)c1ccc(C(=O)Nc2cc(-c3cccs3)[nH]n2)cc1. The molecule has 0 aliphatic carbocycles. The van der Waals surface area contributed by atoms with Gasteiger partial charge in [0.1, 0.15) is 0 Å². The number of nitrogens with zero attached hydrogens (tertiary/aromatic N) is 1. The molecule has 0 fully saturated rings. The Morgan fingerprint density at radius 2 is 1.80 bits per heavy atom. The summed E-state index contributed by atoms with van der Waals surface area (Å²) in [7, 11) is -3.76. The van der Waals surface area contributed by atoms with Gasteiger partial charge in [-0.25, -0.2) is 8.42 Å². The van der Waals surface area contributed by atoms with Crippen molar-refractivity contribution in [1.82, 2.24) is 10.2 Å². The molecular weight excluding hydrogens is 420 g/mol. The maximum absolute atomic E-state index is 12.6. The second-order valence-electron chi connectivity index (χ2n) is 6.54. The fourth-order valence-corrected chi connectivity index (χ4v) is 4.63. The summed E-state index contributed by atoms with van der Waals surface area (Å²) in [5.41, 5.74) is 2.46. The second kappa shape index (κ2) is 8.13. The molecule has 0 spiro atoms. The molecule has 0 bridgehead atoms. The van der Waals surface area contributed by atoms with Crippen LogP contribution in [0.4, 0.5) is 11.5 Å². The number of H-pyrrole nitrogens is 1. The molecular formula is C21H18N4O3S2. The van der Waals surface area contributed by atoms with Crippen molar-refractivity contribution in [3.05, 3.63) is 83.2 Å². The van der Waals surface area contributed by atoms with Gasteiger partial charge < -0.3 is 5.32 Å². The molecule has 0 saturated heterocycles. The number of hydrogen-bond acceptors (Lipinski definition) is 5. The molecule has 3 N–H and O–H groups in total. The van der Waals surface area contributed by atoms with E-state index in [9.17, 15) is 13.2 Å². The second-order valence-corrected chi connectivity index (χ2v) is 9.17. The standard InChI is InChI=1S/C21H18N4O3S2/c1-14-5-2-3-6-17(14)25-30(27,28)16-10-8-15(9-11-16)21(26)22-20-13-18(23-24-20)19-7-4-12-29-19/h2-13,25H,1H3,(H2,22,23,24,26). The quantitative estimate of drug-likeness (QED) is 0.412. The summed E-state index contributed by atoms with van der Waals surface area (Å²) in [6.07, 6.45) is 0. The first kappa shape index (κ1) is 19.9. The van der Waals surface area contributed by atoms with Crippen molar-refractivity contribution in [1.29, 1.82) is 0 Å². The zero-order valence-electron chi connectivity index (χ0n) is 15.9. The molecule has 4 aromatic rings. The van der Waals surface area contributed by atoms with Gasteiger partial charge in [0.2, 0.25) is 0 Å². The molecule has 152 valence electrons. The van der Waals surface area contributed by atoms with Crippen LogP contribution in [0.15, 0.2) is 77.0 Å². The van der Waals surface area contributed by atoms with Crippen molar-refractivity contribution in [3.8, 4) is 10.6 Å². The molecule has 0 aliphatic rings. The minimum Gasteiger partial charge on any atom is -0.305 e. The molecule has 0 atom stereocenters. The van der Waals surface area contributed by atoms with E-state index in [2.05, 4.69) is 20.2 Å². The van der Waals surface area contributed by atoms with Crippen molar-refractivity contribution >= 4 is 38.8 Å². The Kier molecular flexibility index (Phi) is 5.39. The number of aryl methyl sites for hydroxylation is 1. The van der Waals surface area contributed by atoms with E-state index in [-0.39, 0.29) is 10.8 Å². The lowest BCUT2D eigenvalue weighted by molar-refractivity contribution is 0.102. The van der Waals surface area contributed by atoms with Crippen LogP contribution in [0.5, 0.6) is 0 Å². The van der Waals surface area contributed by atoms with Crippen LogP contribution in [0.25, 0.3) is 10.6 Å². The Morgan fingerprint density at radius 1 is 1.03 bits per heavy atom. The summed E-state index contributed by atoms with van der Waals surface area (Å²) in [5, 5.41) is 11.6. The first-order valence-corrected chi connectivity index (χ1v) is 11.4. The molecule has 30 heavy (non-hydrogen) atoms. The molecule has 2 heterocycles. The van der Waals surface area contributed by atoms with E-state index in [1.54, 1.807) is 29.5 Å². The van der Waals surface area contributed by atoms with E-state index in [4.69, 9.17) is 0 Å². The van der Waals surface area contributed by atoms with Crippen molar-refractivity contribution in [2.75, 3.05) is 10.0 Å². The van der Waals surface area contributed by atoms with Crippen molar-refractivity contribution in [2.24, 2.45) is 0 Å². The van der Waals surface area contributed by atoms with Crippen LogP contribution < -0.4 is 10.0 Å². The smallest absolute Gasteiger partial charge is 0.261 e. The number of amides is 1. The Hall–Kier alpha value is -3.43. The maximum Gasteiger partial charge on any atom is 0.261 e. The number of benzene rings is 2. The van der Waals surface area contributed by atoms with E-state index in [1.165, 1.54) is 24.3 Å². The molecule has 0 unspecified atom stereocenters. The third-order valence-corrected chi connectivity index (χ3v) is 6.71. The lowest BCUT2D eigenvalue weighted by Crippen LogP contribution is -2.15. The first-order valence-electron chi connectivity index (χ1n) is 9.01. The normalized spacial score (nSPS) is 11.2. The van der Waals surface area contributed by atoms with Gasteiger partial charge in [0.05, 0.1) is 21.2 Å². The van der Waals surface area contributed by atoms with Gasteiger partial charge >= 0.3 is 0 Å². The Morgan fingerprint density at radius 3 is 2.50 bits per heavy atom. The summed E-state index contributed by atoms with van der Waals surface area (Å²) in [6, 6.07) is 18.5. The number of sulfonamides is 1. The Labute approximate surface area is 177 Å². The lowest BCUT2D eigenvalue weighted by Gasteiger charge is -2.10. The molecule has 2 aromatic heterocycles. The highest BCUT2D eigenvalue weighted by Crippen LogP contribution is 2.25. The van der Waals surface area contributed by atoms with Crippen molar-refractivity contribution in [2.45, 2.75) is 11.8 Å². The van der Waals surface area contributed by atoms with Gasteiger partial charge in [0, 0.05) is 11.6 Å². The predicted molar refractivity (Wildman–Crippen MR) is 118 cm³/mol. The van der Waals surface area contributed by atoms with E-state index in [0.29, 0.717) is 17.1 Å². The van der Waals surface area contributed by atoms with Crippen LogP contribution in [0.2, 0.25) is 0 Å². The third kappa shape index (κ3) is 4.27. The van der Waals surface area contributed by atoms with E-state index < -0.39 is 10.0 Å². The molecule has 1 amide bonds. The number of carbonyl (C=O) groups excluding carboxylic acids is 1. The van der Waals surface area contributed by atoms with Gasteiger partial charge in [-0.05, 0) is 54.3 Å². The number of aromatic amines is 1. The minimum atomic E-state index is -3.76. The number of rotatable bonds is 6. The Balaban J connectivity index is 1.46. The van der Waals surface area contributed by atoms with Gasteiger partial charge in [0.25, 0.3) is 15.9 Å². The minimum absolute atomic E-state index is 0.0713. The van der Waals surface area contributed by atoms with Gasteiger partial charge in [-0.3, -0.25) is 14.6 Å². The Bertz CT molecular complexity index is 1280. The molecule has 0 aliphatic heterocycles. The number of para-hydroxylation sites is 1. The van der Waals surface area contributed by atoms with Gasteiger partial charge in [-0.2, -0.15) is 5.10 Å². The van der Waals surface area contributed by atoms with E-state index in [0.717, 1.165) is 16.1 Å². The maximum atomic E-state index is 12.6. The highest BCUT2D eigenvalue weighted by molar-refractivity contribution is 7.92. The summed E-state index contributed by atoms with van der Waals surface area (Å²) < 4.78 is 27.8. The summed E-state index contributed by atoms with van der Waals surface area (Å²) in [5.74, 6) is 0.0105. The van der Waals surface area contributed by atoms with Crippen LogP contribution in [-0.4, -0.2) is 24.5 Å². The molecule has 0 saturated carbocycles. The molecule has 4 rings (SSSR count). The fraction of sp³-hybridized carbons (Fsp3) is 0.0476. The number of carbonyl (C=O) groups is 1. The largest absolute Gasteiger partial charge is 0.305 e. The third-order valence-electron chi connectivity index (χ3n) is 4.42. The summed E-state index contributed by atoms with van der Waals surface area (Å²) in [6.45, 7) is 1.82. The van der Waals surface area contributed by atoms with E-state index in [1.807, 2.05) is 36.6 Å². The van der Waals surface area contributed by atoms with Crippen LogP contribution in [0, 0.1) is 6.92 Å². The van der Waals surface area contributed by atoms with Crippen molar-refractivity contribution in [3.63, 3.8) is 0 Å². The monoisotopic (exact) mass is 438 g/mol. The zero-order valence-corrected chi connectivity index (χ0v) is 17.5. The number of hydrogen-bond donors (Lipinski definition) is 3. The van der Waals surface area contributed by atoms with Gasteiger partial charge in [-0.1, -0.05) is 24.3 Å². The van der Waals surface area contributed by atoms with Crippen LogP contribution in [0.1, 0.15) is 15.9 Å². The topological polar surface area (TPSA) is 104 Å². The van der Waals surface area contributed by atoms with Crippen LogP contribution >= 0.6 is 11.3 Å². The fourth-order valence-electron chi connectivity index (χ4n) is 2.81. The average Bonchev–Trinajstić information content (AvgIpc) is 3.41. The number of nitrogens with one attached hydrogen (secondary N) is 3. The van der Waals surface area contributed by atoms with Crippen molar-refractivity contribution < 1.29 is 13.2 Å². The number of aromatic nitrogens is 2. The average molecular weight is 439 g/mol. The van der Waals surface area contributed by atoms with E-state index >= 15 is 0 Å². The molecule has 7 nitrogen and oxygen atoms in total. The zero-order chi connectivity index (χ0) is 21.1. The molecule has 2 aromatic carbocycles. The highest BCUT2D eigenvalue weighted by Gasteiger charge is 2.16. The van der Waals surface area contributed by atoms with Crippen LogP contribution in [0.3, 0.4) is 0 Å². The van der Waals surface area contributed by atoms with Gasteiger partial charge in [0.15, 0.2) is 5.82 Å². The summed E-state index contributed by atoms with van der Waals surface area (Å²) >= 11 is 1.56. The van der Waals surface area contributed by atoms with Gasteiger partial charge in [-0.15, -0.1) is 11.3 Å². The number of anilines is 2. The molecule has 0 radical (unpaired) electrons. The number of thiophene rings is 1. The molecule has 9 heteroatoms.